The molecule has 0 atom stereocenters. The molecule has 344 valence electrons. The highest BCUT2D eigenvalue weighted by atomic mass is 32.2. The average molecular weight is 969 g/mol. The van der Waals surface area contributed by atoms with E-state index in [1.54, 1.807) is 24.3 Å². The molecule has 64 heavy (non-hydrogen) atoms. The van der Waals surface area contributed by atoms with Crippen LogP contribution in [0.4, 0.5) is 49.4 Å². The molecule has 4 aromatic carbocycles. The van der Waals surface area contributed by atoms with Gasteiger partial charge in [0.15, 0.2) is 21.4 Å². The second-order valence-electron chi connectivity index (χ2n) is 15.0. The summed E-state index contributed by atoms with van der Waals surface area (Å²) in [7, 11) is -5.20. The van der Waals surface area contributed by atoms with E-state index in [9.17, 15) is 43.2 Å². The minimum absolute atomic E-state index is 0.0148. The van der Waals surface area contributed by atoms with Gasteiger partial charge in [0.1, 0.15) is 34.9 Å². The first-order valence-electron chi connectivity index (χ1n) is 19.4. The van der Waals surface area contributed by atoms with E-state index < -0.39 is 64.7 Å². The summed E-state index contributed by atoms with van der Waals surface area (Å²) in [6, 6.07) is 13.4. The SMILES string of the molecule is CC(C)N(C)Cc1cccc(F)c1CNc1cc(F)c(S(=O)(=O)Nc2cscn2)c(F)c1.CC(C)N(C)Cc1cccc(F)c1CNc1cc(F)c(S(=O)(=O)Nc2cscn2)c(F)c1. The van der Waals surface area contributed by atoms with Crippen molar-refractivity contribution in [3.63, 3.8) is 0 Å². The van der Waals surface area contributed by atoms with Gasteiger partial charge in [-0.15, -0.1) is 22.7 Å². The molecule has 0 aliphatic heterocycles. The van der Waals surface area contributed by atoms with E-state index in [4.69, 9.17) is 0 Å². The van der Waals surface area contributed by atoms with Gasteiger partial charge in [-0.3, -0.25) is 19.2 Å². The minimum atomic E-state index is -4.51. The van der Waals surface area contributed by atoms with Gasteiger partial charge in [0.05, 0.1) is 11.0 Å². The lowest BCUT2D eigenvalue weighted by molar-refractivity contribution is 0.264. The van der Waals surface area contributed by atoms with Crippen LogP contribution < -0.4 is 20.1 Å². The van der Waals surface area contributed by atoms with Crippen molar-refractivity contribution in [2.24, 2.45) is 0 Å². The fourth-order valence-corrected chi connectivity index (χ4v) is 9.28. The molecular weight excluding hydrogens is 923 g/mol. The first-order valence-corrected chi connectivity index (χ1v) is 24.2. The van der Waals surface area contributed by atoms with Crippen LogP contribution in [0, 0.1) is 34.9 Å². The Morgan fingerprint density at radius 2 is 0.906 bits per heavy atom. The number of hydrogen-bond acceptors (Lipinski definition) is 12. The summed E-state index contributed by atoms with van der Waals surface area (Å²) >= 11 is 2.26. The van der Waals surface area contributed by atoms with Gasteiger partial charge >= 0.3 is 0 Å². The van der Waals surface area contributed by atoms with Gasteiger partial charge in [-0.2, -0.15) is 0 Å². The number of nitrogens with one attached hydrogen (secondary N) is 4. The number of sulfonamides is 2. The summed E-state index contributed by atoms with van der Waals surface area (Å²) in [6.07, 6.45) is 0. The Labute approximate surface area is 376 Å². The Bertz CT molecular complexity index is 2510. The lowest BCUT2D eigenvalue weighted by Crippen LogP contribution is -2.26. The maximum atomic E-state index is 14.6. The third-order valence-electron chi connectivity index (χ3n) is 9.85. The Morgan fingerprint density at radius 1 is 0.562 bits per heavy atom. The number of nitrogens with zero attached hydrogens (tertiary/aromatic N) is 4. The number of rotatable bonds is 18. The molecule has 0 bridgehead atoms. The van der Waals surface area contributed by atoms with Crippen LogP contribution in [0.25, 0.3) is 0 Å². The molecule has 0 amide bonds. The van der Waals surface area contributed by atoms with Crippen molar-refractivity contribution in [1.29, 1.82) is 0 Å². The van der Waals surface area contributed by atoms with Crippen LogP contribution in [0.15, 0.2) is 92.2 Å². The van der Waals surface area contributed by atoms with E-state index in [1.165, 1.54) is 33.9 Å². The third kappa shape index (κ3) is 12.9. The standard InChI is InChI=1S/2C21H23F3N4O2S2/c2*1-13(2)28(3)10-14-5-4-6-17(22)16(14)9-25-15-7-18(23)21(19(24)8-15)32(29,30)27-20-11-31-12-26-20/h2*4-8,11-13,25,27H,9-10H2,1-3H3. The zero-order chi connectivity index (χ0) is 46.9. The number of hydrogen-bond donors (Lipinski definition) is 4. The normalized spacial score (nSPS) is 11.9. The first-order chi connectivity index (χ1) is 30.2. The van der Waals surface area contributed by atoms with Crippen molar-refractivity contribution in [3.8, 4) is 0 Å². The molecule has 0 radical (unpaired) electrons. The molecule has 0 fully saturated rings. The molecule has 0 aliphatic carbocycles. The number of aromatic nitrogens is 2. The second-order valence-corrected chi connectivity index (χ2v) is 19.7. The van der Waals surface area contributed by atoms with E-state index in [1.807, 2.05) is 61.0 Å². The van der Waals surface area contributed by atoms with Crippen LogP contribution in [-0.2, 0) is 46.2 Å². The lowest BCUT2D eigenvalue weighted by Gasteiger charge is -2.23. The Kier molecular flexibility index (Phi) is 16.8. The van der Waals surface area contributed by atoms with Gasteiger partial charge in [0.2, 0.25) is 0 Å². The summed E-state index contributed by atoms with van der Waals surface area (Å²) in [5, 5.41) is 8.36. The van der Waals surface area contributed by atoms with Gasteiger partial charge in [0, 0.05) is 71.5 Å². The Balaban J connectivity index is 0.000000241. The fourth-order valence-electron chi connectivity index (χ4n) is 5.92. The largest absolute Gasteiger partial charge is 0.381 e. The van der Waals surface area contributed by atoms with E-state index in [2.05, 4.69) is 20.6 Å². The highest BCUT2D eigenvalue weighted by Gasteiger charge is 2.27. The number of benzene rings is 4. The predicted octanol–water partition coefficient (Wildman–Crippen LogP) is 9.63. The highest BCUT2D eigenvalue weighted by Crippen LogP contribution is 2.29. The Morgan fingerprint density at radius 3 is 1.20 bits per heavy atom. The monoisotopic (exact) mass is 968 g/mol. The molecule has 22 heteroatoms. The van der Waals surface area contributed by atoms with E-state index in [0.29, 0.717) is 24.2 Å². The highest BCUT2D eigenvalue weighted by molar-refractivity contribution is 7.93. The summed E-state index contributed by atoms with van der Waals surface area (Å²) in [5.41, 5.74) is 4.94. The van der Waals surface area contributed by atoms with E-state index >= 15 is 0 Å². The zero-order valence-electron chi connectivity index (χ0n) is 35.4. The predicted molar refractivity (Wildman–Crippen MR) is 239 cm³/mol. The van der Waals surface area contributed by atoms with Crippen molar-refractivity contribution < 1.29 is 43.2 Å². The van der Waals surface area contributed by atoms with Crippen molar-refractivity contribution in [2.45, 2.75) is 75.7 Å². The van der Waals surface area contributed by atoms with Gasteiger partial charge in [-0.1, -0.05) is 24.3 Å². The van der Waals surface area contributed by atoms with E-state index in [0.717, 1.165) is 58.1 Å². The summed E-state index contributed by atoms with van der Waals surface area (Å²) in [5.74, 6) is -6.05. The quantitative estimate of drug-likeness (QED) is 0.0614. The maximum Gasteiger partial charge on any atom is 0.268 e. The van der Waals surface area contributed by atoms with Crippen LogP contribution >= 0.6 is 22.7 Å². The van der Waals surface area contributed by atoms with Crippen molar-refractivity contribution in [1.82, 2.24) is 19.8 Å². The molecule has 0 spiro atoms. The first kappa shape index (κ1) is 49.8. The van der Waals surface area contributed by atoms with Crippen LogP contribution in [0.2, 0.25) is 0 Å². The lowest BCUT2D eigenvalue weighted by atomic mass is 10.1. The summed E-state index contributed by atoms with van der Waals surface area (Å²) in [4.78, 5) is 9.34. The van der Waals surface area contributed by atoms with Crippen LogP contribution in [0.5, 0.6) is 0 Å². The average Bonchev–Trinajstić information content (AvgIpc) is 3.91. The smallest absolute Gasteiger partial charge is 0.268 e. The van der Waals surface area contributed by atoms with Crippen LogP contribution in [0.3, 0.4) is 0 Å². The zero-order valence-corrected chi connectivity index (χ0v) is 38.7. The number of halogens is 6. The van der Waals surface area contributed by atoms with Crippen LogP contribution in [-0.4, -0.2) is 62.8 Å². The van der Waals surface area contributed by atoms with Crippen LogP contribution in [0.1, 0.15) is 49.9 Å². The molecule has 0 saturated heterocycles. The van der Waals surface area contributed by atoms with Crippen molar-refractivity contribution in [2.75, 3.05) is 34.2 Å². The maximum absolute atomic E-state index is 14.6. The number of anilines is 4. The fraction of sp³-hybridized carbons (Fsp3) is 0.286. The summed E-state index contributed by atoms with van der Waals surface area (Å²) in [6.45, 7) is 8.99. The van der Waals surface area contributed by atoms with Crippen molar-refractivity contribution in [3.05, 3.63) is 140 Å². The van der Waals surface area contributed by atoms with E-state index in [-0.39, 0.29) is 48.2 Å². The molecule has 4 N–H and O–H groups in total. The number of thiazole rings is 2. The topological polar surface area (TPSA) is 149 Å². The van der Waals surface area contributed by atoms with Gasteiger partial charge in [-0.25, -0.2) is 53.1 Å². The molecular formula is C42H46F6N8O4S4. The molecule has 6 aromatic rings. The molecule has 2 heterocycles. The summed E-state index contributed by atoms with van der Waals surface area (Å²) < 4.78 is 141. The van der Waals surface area contributed by atoms with Gasteiger partial charge < -0.3 is 10.6 Å². The molecule has 0 unspecified atom stereocenters. The molecule has 6 rings (SSSR count). The van der Waals surface area contributed by atoms with Gasteiger partial charge in [0.25, 0.3) is 20.0 Å². The minimum Gasteiger partial charge on any atom is -0.381 e. The molecule has 0 aliphatic rings. The second kappa shape index (κ2) is 21.6. The molecule has 0 saturated carbocycles. The third-order valence-corrected chi connectivity index (χ3v) is 13.8. The van der Waals surface area contributed by atoms with Gasteiger partial charge in [-0.05, 0) is 89.3 Å². The molecule has 2 aromatic heterocycles. The molecule has 12 nitrogen and oxygen atoms in total. The Hall–Kier alpha value is -5.26. The van der Waals surface area contributed by atoms with Crippen molar-refractivity contribution >= 4 is 65.7 Å².